The Bertz CT molecular complexity index is 1360. The summed E-state index contributed by atoms with van der Waals surface area (Å²) in [6.07, 6.45) is -1.39. The number of rotatable bonds is 14. The minimum absolute atomic E-state index is 0.00829. The number of nitrogens with zero attached hydrogens (tertiary/aromatic N) is 3. The molecule has 0 spiro atoms. The van der Waals surface area contributed by atoms with Gasteiger partial charge in [-0.05, 0) is 44.1 Å². The second-order valence-electron chi connectivity index (χ2n) is 10.7. The van der Waals surface area contributed by atoms with Gasteiger partial charge in [0.1, 0.15) is 5.37 Å². The lowest BCUT2D eigenvalue weighted by atomic mass is 9.99. The van der Waals surface area contributed by atoms with Crippen molar-refractivity contribution in [3.05, 3.63) is 54.1 Å². The maximum absolute atomic E-state index is 13.7. The lowest BCUT2D eigenvalue weighted by molar-refractivity contribution is -0.147. The van der Waals surface area contributed by atoms with Crippen molar-refractivity contribution in [2.75, 3.05) is 34.0 Å². The largest absolute Gasteiger partial charge is 0.454 e. The summed E-state index contributed by atoms with van der Waals surface area (Å²) in [5.74, 6) is -0.625. The van der Waals surface area contributed by atoms with E-state index in [1.54, 1.807) is 38.9 Å². The number of nitrogens with one attached hydrogen (secondary N) is 2. The zero-order chi connectivity index (χ0) is 30.9. The Morgan fingerprint density at radius 1 is 1.10 bits per heavy atom. The summed E-state index contributed by atoms with van der Waals surface area (Å²) in [7, 11) is -0.528. The van der Waals surface area contributed by atoms with Crippen LogP contribution in [0.4, 0.5) is 0 Å². The van der Waals surface area contributed by atoms with Crippen molar-refractivity contribution in [1.29, 1.82) is 5.26 Å². The predicted octanol–water partition coefficient (Wildman–Crippen LogP) is 1.46. The molecule has 1 aliphatic rings. The summed E-state index contributed by atoms with van der Waals surface area (Å²) in [4.78, 5) is 27.6. The van der Waals surface area contributed by atoms with Gasteiger partial charge in [0.05, 0.1) is 29.7 Å². The van der Waals surface area contributed by atoms with E-state index in [1.165, 1.54) is 12.1 Å². The molecule has 3 atom stereocenters. The fourth-order valence-electron chi connectivity index (χ4n) is 4.60. The molecular formula is C29H39N5O7S. The molecule has 2 aromatic carbocycles. The van der Waals surface area contributed by atoms with Gasteiger partial charge in [0.25, 0.3) is 5.91 Å². The van der Waals surface area contributed by atoms with E-state index in [0.717, 1.165) is 10.6 Å². The normalized spacial score (nSPS) is 14.7. The van der Waals surface area contributed by atoms with E-state index in [0.29, 0.717) is 11.5 Å². The number of hydrogen-bond donors (Lipinski definition) is 3. The number of aliphatic hydroxyl groups is 1. The molecule has 1 heterocycles. The first-order chi connectivity index (χ1) is 19.9. The van der Waals surface area contributed by atoms with Crippen LogP contribution in [-0.2, 0) is 25.8 Å². The van der Waals surface area contributed by atoms with Crippen molar-refractivity contribution in [3.8, 4) is 17.6 Å². The maximum atomic E-state index is 13.7. The quantitative estimate of drug-likeness (QED) is 0.270. The first-order valence-electron chi connectivity index (χ1n) is 13.7. The second-order valence-corrected chi connectivity index (χ2v) is 12.7. The highest BCUT2D eigenvalue weighted by Crippen LogP contribution is 2.35. The summed E-state index contributed by atoms with van der Waals surface area (Å²) >= 11 is 0. The first-order valence-corrected chi connectivity index (χ1v) is 15.2. The number of ether oxygens (including phenoxy) is 2. The number of nitriles is 1. The highest BCUT2D eigenvalue weighted by Gasteiger charge is 2.35. The summed E-state index contributed by atoms with van der Waals surface area (Å²) in [6.45, 7) is 3.27. The number of sulfone groups is 1. The molecule has 1 unspecified atom stereocenters. The van der Waals surface area contributed by atoms with Crippen molar-refractivity contribution in [2.45, 2.75) is 55.5 Å². The van der Waals surface area contributed by atoms with E-state index in [4.69, 9.17) is 14.7 Å². The molecule has 1 aliphatic heterocycles. The van der Waals surface area contributed by atoms with Crippen LogP contribution in [0.25, 0.3) is 0 Å². The zero-order valence-electron chi connectivity index (χ0n) is 24.3. The van der Waals surface area contributed by atoms with Gasteiger partial charge in [-0.25, -0.2) is 13.4 Å². The van der Waals surface area contributed by atoms with Crippen molar-refractivity contribution < 1.29 is 32.6 Å². The highest BCUT2D eigenvalue weighted by molar-refractivity contribution is 7.92. The average Bonchev–Trinajstić information content (AvgIpc) is 3.41. The molecule has 0 radical (unpaired) electrons. The molecule has 12 nitrogen and oxygen atoms in total. The number of likely N-dealkylation sites (N-methyl/N-ethyl adjacent to an activating group) is 1. The second kappa shape index (κ2) is 15.0. The molecule has 3 rings (SSSR count). The number of fused-ring (bicyclic) bond motifs is 1. The molecule has 2 amide bonds. The van der Waals surface area contributed by atoms with E-state index in [9.17, 15) is 23.1 Å². The topological polar surface area (TPSA) is 161 Å². The van der Waals surface area contributed by atoms with Gasteiger partial charge < -0.3 is 19.5 Å². The van der Waals surface area contributed by atoms with Gasteiger partial charge in [0.15, 0.2) is 21.3 Å². The third kappa shape index (κ3) is 8.65. The molecular weight excluding hydrogens is 562 g/mol. The fourth-order valence-corrected chi connectivity index (χ4v) is 6.46. The van der Waals surface area contributed by atoms with Crippen molar-refractivity contribution in [1.82, 2.24) is 20.7 Å². The van der Waals surface area contributed by atoms with E-state index >= 15 is 0 Å². The molecule has 0 fully saturated rings. The zero-order valence-corrected chi connectivity index (χ0v) is 25.1. The number of benzene rings is 2. The SMILES string of the molecule is CC(C)C(NC[C@@H](O)[C@H](Cc1ccccc1)N(NC(=O)CN(C)C)C(=O)CCC#N)S(=O)(=O)c1ccc2c(c1)OCO2. The minimum Gasteiger partial charge on any atom is -0.454 e. The lowest BCUT2D eigenvalue weighted by Crippen LogP contribution is -2.60. The maximum Gasteiger partial charge on any atom is 0.252 e. The van der Waals surface area contributed by atoms with Gasteiger partial charge >= 0.3 is 0 Å². The van der Waals surface area contributed by atoms with E-state index in [2.05, 4.69) is 10.7 Å². The van der Waals surface area contributed by atoms with Crippen LogP contribution in [0, 0.1) is 17.2 Å². The Balaban J connectivity index is 1.89. The molecule has 0 saturated heterocycles. The van der Waals surface area contributed by atoms with Crippen molar-refractivity contribution in [3.63, 3.8) is 0 Å². The van der Waals surface area contributed by atoms with Crippen LogP contribution in [0.3, 0.4) is 0 Å². The van der Waals surface area contributed by atoms with Gasteiger partial charge in [-0.15, -0.1) is 0 Å². The third-order valence-electron chi connectivity index (χ3n) is 6.63. The molecule has 42 heavy (non-hydrogen) atoms. The molecule has 2 aromatic rings. The molecule has 13 heteroatoms. The van der Waals surface area contributed by atoms with Crippen LogP contribution in [0.1, 0.15) is 32.3 Å². The Kier molecular flexibility index (Phi) is 11.7. The molecule has 228 valence electrons. The van der Waals surface area contributed by atoms with E-state index in [-0.39, 0.29) is 44.0 Å². The van der Waals surface area contributed by atoms with Gasteiger partial charge in [0, 0.05) is 25.5 Å². The summed E-state index contributed by atoms with van der Waals surface area (Å²) in [5.41, 5.74) is 3.40. The van der Waals surface area contributed by atoms with Crippen LogP contribution < -0.4 is 20.2 Å². The van der Waals surface area contributed by atoms with Crippen LogP contribution in [-0.4, -0.2) is 86.7 Å². The van der Waals surface area contributed by atoms with Crippen LogP contribution in [0.15, 0.2) is 53.4 Å². The number of carbonyl (C=O) groups is 2. The molecule has 0 aromatic heterocycles. The fraction of sp³-hybridized carbons (Fsp3) is 0.483. The molecule has 0 aliphatic carbocycles. The summed E-state index contributed by atoms with van der Waals surface area (Å²) in [6, 6.07) is 14.5. The van der Waals surface area contributed by atoms with Crippen LogP contribution >= 0.6 is 0 Å². The van der Waals surface area contributed by atoms with Crippen LogP contribution in [0.2, 0.25) is 0 Å². The molecule has 3 N–H and O–H groups in total. The highest BCUT2D eigenvalue weighted by atomic mass is 32.2. The van der Waals surface area contributed by atoms with Crippen LogP contribution in [0.5, 0.6) is 11.5 Å². The number of amides is 2. The Morgan fingerprint density at radius 3 is 2.43 bits per heavy atom. The number of carbonyl (C=O) groups excluding carboxylic acids is 2. The lowest BCUT2D eigenvalue weighted by Gasteiger charge is -2.36. The van der Waals surface area contributed by atoms with Gasteiger partial charge in [-0.1, -0.05) is 44.2 Å². The first kappa shape index (κ1) is 32.8. The predicted molar refractivity (Wildman–Crippen MR) is 155 cm³/mol. The average molecular weight is 602 g/mol. The Morgan fingerprint density at radius 2 is 1.79 bits per heavy atom. The van der Waals surface area contributed by atoms with E-state index in [1.807, 2.05) is 36.4 Å². The Hall–Kier alpha value is -3.70. The minimum atomic E-state index is -3.93. The van der Waals surface area contributed by atoms with Gasteiger partial charge in [0.2, 0.25) is 12.7 Å². The molecule has 0 saturated carbocycles. The third-order valence-corrected chi connectivity index (χ3v) is 8.92. The van der Waals surface area contributed by atoms with Gasteiger partial charge in [-0.3, -0.25) is 20.3 Å². The van der Waals surface area contributed by atoms with Crippen molar-refractivity contribution in [2.24, 2.45) is 5.92 Å². The molecule has 0 bridgehead atoms. The standard InChI is InChI=1S/C29H39N5O7S/c1-20(2)29(42(38,39)22-12-13-25-26(16-22)41-19-40-25)31-17-24(35)23(15-21-9-6-5-7-10-21)34(28(37)11-8-14-30)32-27(36)18-33(3)4/h5-7,9-10,12-13,16,20,23-24,29,31,35H,8,11,15,17-19H2,1-4H3,(H,32,36)/t23-,24+,29?/m0/s1. The van der Waals surface area contributed by atoms with Crippen molar-refractivity contribution >= 4 is 21.7 Å². The number of aliphatic hydroxyl groups excluding tert-OH is 1. The van der Waals surface area contributed by atoms with Gasteiger partial charge in [-0.2, -0.15) is 5.26 Å². The smallest absolute Gasteiger partial charge is 0.252 e. The number of hydrazine groups is 1. The van der Waals surface area contributed by atoms with E-state index < -0.39 is 45.1 Å². The monoisotopic (exact) mass is 601 g/mol. The summed E-state index contributed by atoms with van der Waals surface area (Å²) < 4.78 is 38.0. The Labute approximate surface area is 247 Å². The summed E-state index contributed by atoms with van der Waals surface area (Å²) in [5, 5.41) is 23.5. The number of hydrogen-bond acceptors (Lipinski definition) is 10.